The van der Waals surface area contributed by atoms with Crippen LogP contribution >= 0.6 is 22.9 Å². The summed E-state index contributed by atoms with van der Waals surface area (Å²) in [7, 11) is 0. The lowest BCUT2D eigenvalue weighted by Gasteiger charge is -2.05. The van der Waals surface area contributed by atoms with E-state index >= 15 is 0 Å². The number of aromatic nitrogens is 4. The lowest BCUT2D eigenvalue weighted by Crippen LogP contribution is -2.18. The molecule has 0 aliphatic heterocycles. The van der Waals surface area contributed by atoms with E-state index in [1.807, 2.05) is 6.92 Å². The minimum atomic E-state index is -4.58. The van der Waals surface area contributed by atoms with E-state index in [-0.39, 0.29) is 17.3 Å². The standard InChI is InChI=1S/C16H14ClF3N4OS/c1-7-3-10(7)14-8(2)26-15-21-9(4-13(25)24(14)15)6-23-12(17)5-11(22-23)16(18,19)20/h4-5,7,10H,3,6H2,1-2H3/t7-,10-/m1/s1. The van der Waals surface area contributed by atoms with Crippen molar-refractivity contribution in [1.82, 2.24) is 19.2 Å². The van der Waals surface area contributed by atoms with E-state index in [4.69, 9.17) is 11.6 Å². The molecule has 0 N–H and O–H groups in total. The van der Waals surface area contributed by atoms with Crippen LogP contribution in [-0.4, -0.2) is 19.2 Å². The Morgan fingerprint density at radius 1 is 1.38 bits per heavy atom. The Labute approximate surface area is 155 Å². The van der Waals surface area contributed by atoms with Gasteiger partial charge in [-0.05, 0) is 19.3 Å². The van der Waals surface area contributed by atoms with Crippen LogP contribution in [0.2, 0.25) is 5.15 Å². The number of hydrogen-bond donors (Lipinski definition) is 0. The summed E-state index contributed by atoms with van der Waals surface area (Å²) in [5.74, 6) is 0.908. The lowest BCUT2D eigenvalue weighted by molar-refractivity contribution is -0.141. The van der Waals surface area contributed by atoms with E-state index in [9.17, 15) is 18.0 Å². The smallest absolute Gasteiger partial charge is 0.269 e. The number of nitrogens with zero attached hydrogens (tertiary/aromatic N) is 4. The second kappa shape index (κ2) is 5.82. The topological polar surface area (TPSA) is 52.2 Å². The molecule has 138 valence electrons. The van der Waals surface area contributed by atoms with E-state index < -0.39 is 11.9 Å². The van der Waals surface area contributed by atoms with Gasteiger partial charge in [-0.2, -0.15) is 18.3 Å². The summed E-state index contributed by atoms with van der Waals surface area (Å²) in [5, 5.41) is 3.31. The maximum absolute atomic E-state index is 12.8. The minimum Gasteiger partial charge on any atom is -0.269 e. The SMILES string of the molecule is Cc1sc2nc(Cn3nc(C(F)(F)F)cc3Cl)cc(=O)n2c1[C@@H]1C[C@H]1C. The molecule has 1 aliphatic rings. The zero-order valence-corrected chi connectivity index (χ0v) is 15.4. The van der Waals surface area contributed by atoms with Crippen LogP contribution in [0.3, 0.4) is 0 Å². The first-order chi connectivity index (χ1) is 12.1. The summed E-state index contributed by atoms with van der Waals surface area (Å²) < 4.78 is 40.9. The van der Waals surface area contributed by atoms with E-state index in [1.54, 1.807) is 4.40 Å². The molecule has 26 heavy (non-hydrogen) atoms. The quantitative estimate of drug-likeness (QED) is 0.662. The molecule has 0 bridgehead atoms. The van der Waals surface area contributed by atoms with Crippen LogP contribution in [0.15, 0.2) is 16.9 Å². The largest absolute Gasteiger partial charge is 0.435 e. The maximum atomic E-state index is 12.8. The first-order valence-electron chi connectivity index (χ1n) is 7.97. The van der Waals surface area contributed by atoms with Gasteiger partial charge >= 0.3 is 6.18 Å². The van der Waals surface area contributed by atoms with Gasteiger partial charge in [0, 0.05) is 28.6 Å². The Hall–Kier alpha value is -1.87. The van der Waals surface area contributed by atoms with E-state index in [1.165, 1.54) is 17.4 Å². The average molecular weight is 403 g/mol. The third-order valence-corrected chi connectivity index (χ3v) is 5.86. The number of rotatable bonds is 3. The van der Waals surface area contributed by atoms with Crippen molar-refractivity contribution in [2.45, 2.75) is 38.9 Å². The third kappa shape index (κ3) is 2.92. The van der Waals surface area contributed by atoms with Gasteiger partial charge in [0.15, 0.2) is 10.7 Å². The summed E-state index contributed by atoms with van der Waals surface area (Å²) >= 11 is 7.26. The normalized spacial score (nSPS) is 20.1. The van der Waals surface area contributed by atoms with Gasteiger partial charge in [0.2, 0.25) is 0 Å². The number of alkyl halides is 3. The van der Waals surface area contributed by atoms with Crippen molar-refractivity contribution in [3.05, 3.63) is 49.6 Å². The predicted molar refractivity (Wildman–Crippen MR) is 91.9 cm³/mol. The summed E-state index contributed by atoms with van der Waals surface area (Å²) in [5.41, 5.74) is 0.0171. The molecule has 1 aliphatic carbocycles. The second-order valence-corrected chi connectivity index (χ2v) is 8.14. The Morgan fingerprint density at radius 3 is 2.65 bits per heavy atom. The van der Waals surface area contributed by atoms with Crippen molar-refractivity contribution in [2.24, 2.45) is 5.92 Å². The Balaban J connectivity index is 1.73. The summed E-state index contributed by atoms with van der Waals surface area (Å²) in [4.78, 5) is 18.6. The second-order valence-electron chi connectivity index (χ2n) is 6.57. The van der Waals surface area contributed by atoms with E-state index in [2.05, 4.69) is 17.0 Å². The molecule has 0 aromatic carbocycles. The molecular formula is C16H14ClF3N4OS. The van der Waals surface area contributed by atoms with Crippen LogP contribution < -0.4 is 5.56 Å². The molecule has 5 nitrogen and oxygen atoms in total. The van der Waals surface area contributed by atoms with Crippen LogP contribution in [0.25, 0.3) is 4.96 Å². The highest BCUT2D eigenvalue weighted by Crippen LogP contribution is 2.49. The molecule has 10 heteroatoms. The monoisotopic (exact) mass is 402 g/mol. The lowest BCUT2D eigenvalue weighted by atomic mass is 10.2. The van der Waals surface area contributed by atoms with Crippen LogP contribution in [-0.2, 0) is 12.7 Å². The fraction of sp³-hybridized carbons (Fsp3) is 0.438. The maximum Gasteiger partial charge on any atom is 0.435 e. The highest BCUT2D eigenvalue weighted by atomic mass is 35.5. The molecular weight excluding hydrogens is 389 g/mol. The Kier molecular flexibility index (Phi) is 3.92. The Morgan fingerprint density at radius 2 is 2.08 bits per heavy atom. The minimum absolute atomic E-state index is 0.104. The predicted octanol–water partition coefficient (Wildman–Crippen LogP) is 4.10. The number of fused-ring (bicyclic) bond motifs is 1. The zero-order chi connectivity index (χ0) is 18.8. The van der Waals surface area contributed by atoms with Crippen molar-refractivity contribution in [1.29, 1.82) is 0 Å². The number of hydrogen-bond acceptors (Lipinski definition) is 4. The van der Waals surface area contributed by atoms with Crippen molar-refractivity contribution in [3.8, 4) is 0 Å². The highest BCUT2D eigenvalue weighted by molar-refractivity contribution is 7.17. The van der Waals surface area contributed by atoms with E-state index in [0.29, 0.717) is 22.5 Å². The number of halogens is 4. The Bertz CT molecular complexity index is 1070. The molecule has 4 rings (SSSR count). The van der Waals surface area contributed by atoms with Crippen LogP contribution in [0.5, 0.6) is 0 Å². The molecule has 3 aromatic heterocycles. The summed E-state index contributed by atoms with van der Waals surface area (Å²) in [6.45, 7) is 3.99. The van der Waals surface area contributed by atoms with Gasteiger partial charge in [-0.25, -0.2) is 9.67 Å². The van der Waals surface area contributed by atoms with Crippen LogP contribution in [0.4, 0.5) is 13.2 Å². The van der Waals surface area contributed by atoms with Gasteiger partial charge in [0.05, 0.1) is 12.2 Å². The zero-order valence-electron chi connectivity index (χ0n) is 13.8. The molecule has 0 saturated heterocycles. The molecule has 2 atom stereocenters. The molecule has 0 spiro atoms. The van der Waals surface area contributed by atoms with Crippen molar-refractivity contribution in [3.63, 3.8) is 0 Å². The highest BCUT2D eigenvalue weighted by Gasteiger charge is 2.38. The molecule has 0 unspecified atom stereocenters. The fourth-order valence-electron chi connectivity index (χ4n) is 3.15. The van der Waals surface area contributed by atoms with E-state index in [0.717, 1.165) is 27.7 Å². The molecule has 3 aromatic rings. The third-order valence-electron chi connectivity index (χ3n) is 4.58. The van der Waals surface area contributed by atoms with Gasteiger partial charge in [0.25, 0.3) is 5.56 Å². The summed E-state index contributed by atoms with van der Waals surface area (Å²) in [6, 6.07) is 2.09. The fourth-order valence-corrected chi connectivity index (χ4v) is 4.42. The van der Waals surface area contributed by atoms with Crippen molar-refractivity contribution in [2.75, 3.05) is 0 Å². The molecule has 0 amide bonds. The van der Waals surface area contributed by atoms with Gasteiger partial charge in [-0.3, -0.25) is 9.20 Å². The first kappa shape index (κ1) is 17.5. The summed E-state index contributed by atoms with van der Waals surface area (Å²) in [6.07, 6.45) is -3.53. The van der Waals surface area contributed by atoms with Gasteiger partial charge < -0.3 is 0 Å². The van der Waals surface area contributed by atoms with Gasteiger partial charge in [-0.1, -0.05) is 18.5 Å². The first-order valence-corrected chi connectivity index (χ1v) is 9.17. The van der Waals surface area contributed by atoms with Crippen molar-refractivity contribution >= 4 is 27.9 Å². The van der Waals surface area contributed by atoms with Crippen LogP contribution in [0, 0.1) is 12.8 Å². The van der Waals surface area contributed by atoms with Crippen molar-refractivity contribution < 1.29 is 13.2 Å². The molecule has 1 fully saturated rings. The molecule has 0 radical (unpaired) electrons. The van der Waals surface area contributed by atoms with Crippen LogP contribution in [0.1, 0.15) is 41.2 Å². The number of aryl methyl sites for hydroxylation is 1. The molecule has 1 saturated carbocycles. The van der Waals surface area contributed by atoms with Gasteiger partial charge in [0.1, 0.15) is 5.15 Å². The van der Waals surface area contributed by atoms with Gasteiger partial charge in [-0.15, -0.1) is 11.3 Å². The molecule has 3 heterocycles. The number of thiazole rings is 1. The average Bonchev–Trinajstić information content (AvgIpc) is 2.95.